The van der Waals surface area contributed by atoms with Crippen LogP contribution in [0.2, 0.25) is 0 Å². The van der Waals surface area contributed by atoms with Gasteiger partial charge in [-0.15, -0.1) is 0 Å². The molecule has 0 atom stereocenters. The van der Waals surface area contributed by atoms with E-state index in [0.29, 0.717) is 0 Å². The second-order valence-electron chi connectivity index (χ2n) is 6.23. The first-order valence-electron chi connectivity index (χ1n) is 7.53. The van der Waals surface area contributed by atoms with Crippen LogP contribution >= 0.6 is 0 Å². The van der Waals surface area contributed by atoms with Gasteiger partial charge in [0.2, 0.25) is 0 Å². The fraction of sp³-hybridized carbons (Fsp3) is 0.588. The molecule has 3 rings (SSSR count). The van der Waals surface area contributed by atoms with Crippen LogP contribution in [-0.2, 0) is 20.5 Å². The summed E-state index contributed by atoms with van der Waals surface area (Å²) in [5.74, 6) is -0.670. The number of methoxy groups -OCH3 is 1. The Morgan fingerprint density at radius 3 is 2.30 bits per heavy atom. The molecule has 0 heterocycles. The van der Waals surface area contributed by atoms with E-state index in [1.165, 1.54) is 0 Å². The maximum atomic E-state index is 11.9. The van der Waals surface area contributed by atoms with Gasteiger partial charge in [-0.1, -0.05) is 43.5 Å². The summed E-state index contributed by atoms with van der Waals surface area (Å²) in [4.78, 5) is 11.9. The summed E-state index contributed by atoms with van der Waals surface area (Å²) in [6, 6.07) is 8.12. The number of ether oxygens (including phenoxy) is 1. The van der Waals surface area contributed by atoms with E-state index in [9.17, 15) is 9.90 Å². The van der Waals surface area contributed by atoms with E-state index < -0.39 is 11.4 Å². The molecular formula is C17H22O3. The minimum Gasteiger partial charge on any atom is -0.481 e. The Labute approximate surface area is 120 Å². The molecule has 1 aromatic rings. The van der Waals surface area contributed by atoms with Crippen molar-refractivity contribution in [2.75, 3.05) is 7.11 Å². The van der Waals surface area contributed by atoms with Gasteiger partial charge in [0.15, 0.2) is 0 Å². The lowest BCUT2D eigenvalue weighted by molar-refractivity contribution is -0.145. The van der Waals surface area contributed by atoms with E-state index in [0.717, 1.165) is 56.1 Å². The van der Waals surface area contributed by atoms with Crippen molar-refractivity contribution in [2.24, 2.45) is 0 Å². The van der Waals surface area contributed by atoms with E-state index in [1.54, 1.807) is 7.11 Å². The van der Waals surface area contributed by atoms with E-state index in [-0.39, 0.29) is 5.60 Å². The first-order valence-corrected chi connectivity index (χ1v) is 7.53. The largest absolute Gasteiger partial charge is 0.481 e. The molecule has 3 heteroatoms. The highest BCUT2D eigenvalue weighted by molar-refractivity contribution is 5.81. The minimum atomic E-state index is -0.682. The van der Waals surface area contributed by atoms with Crippen molar-refractivity contribution in [3.63, 3.8) is 0 Å². The van der Waals surface area contributed by atoms with Gasteiger partial charge in [-0.2, -0.15) is 0 Å². The number of hydrogen-bond donors (Lipinski definition) is 1. The van der Waals surface area contributed by atoms with Crippen molar-refractivity contribution in [3.8, 4) is 0 Å². The Bertz CT molecular complexity index is 511. The molecule has 2 saturated carbocycles. The number of hydrogen-bond acceptors (Lipinski definition) is 2. The van der Waals surface area contributed by atoms with E-state index in [4.69, 9.17) is 4.74 Å². The number of rotatable bonds is 4. The van der Waals surface area contributed by atoms with Gasteiger partial charge in [0.25, 0.3) is 0 Å². The smallest absolute Gasteiger partial charge is 0.314 e. The Hall–Kier alpha value is -1.35. The predicted octanol–water partition coefficient (Wildman–Crippen LogP) is 3.61. The summed E-state index contributed by atoms with van der Waals surface area (Å²) in [6.07, 6.45) is 6.74. The van der Waals surface area contributed by atoms with Crippen molar-refractivity contribution in [1.82, 2.24) is 0 Å². The minimum absolute atomic E-state index is 0.148. The fourth-order valence-corrected chi connectivity index (χ4v) is 3.61. The summed E-state index contributed by atoms with van der Waals surface area (Å²) in [7, 11) is 1.74. The number of carboxylic acids is 1. The van der Waals surface area contributed by atoms with Gasteiger partial charge >= 0.3 is 5.97 Å². The van der Waals surface area contributed by atoms with Crippen LogP contribution in [0.15, 0.2) is 24.3 Å². The molecule has 0 spiro atoms. The summed E-state index contributed by atoms with van der Waals surface area (Å²) in [5.41, 5.74) is 1.27. The molecule has 0 bridgehead atoms. The van der Waals surface area contributed by atoms with Gasteiger partial charge in [0, 0.05) is 7.11 Å². The van der Waals surface area contributed by atoms with Crippen molar-refractivity contribution in [3.05, 3.63) is 35.4 Å². The molecule has 2 aliphatic rings. The third kappa shape index (κ3) is 2.05. The third-order valence-electron chi connectivity index (χ3n) is 5.15. The van der Waals surface area contributed by atoms with Crippen LogP contribution in [0.5, 0.6) is 0 Å². The molecule has 0 aromatic heterocycles. The molecule has 0 radical (unpaired) electrons. The molecule has 108 valence electrons. The standard InChI is InChI=1S/C17H22O3/c1-20-17(10-11-17)14-7-5-6-13(12-14)16(15(18)19)8-3-2-4-9-16/h5-7,12H,2-4,8-11H2,1H3,(H,18,19). The zero-order valence-electron chi connectivity index (χ0n) is 12.0. The highest BCUT2D eigenvalue weighted by Crippen LogP contribution is 2.50. The molecule has 0 unspecified atom stereocenters. The highest BCUT2D eigenvalue weighted by Gasteiger charge is 2.46. The zero-order valence-corrected chi connectivity index (χ0v) is 12.0. The predicted molar refractivity (Wildman–Crippen MR) is 76.8 cm³/mol. The average Bonchev–Trinajstić information content (AvgIpc) is 3.29. The monoisotopic (exact) mass is 274 g/mol. The second kappa shape index (κ2) is 4.88. The first-order chi connectivity index (χ1) is 9.63. The molecule has 3 nitrogen and oxygen atoms in total. The summed E-state index contributed by atoms with van der Waals surface area (Å²) >= 11 is 0. The maximum absolute atomic E-state index is 11.9. The first kappa shape index (κ1) is 13.6. The molecule has 0 saturated heterocycles. The molecular weight excluding hydrogens is 252 g/mol. The number of benzene rings is 1. The van der Waals surface area contributed by atoms with Crippen molar-refractivity contribution >= 4 is 5.97 Å². The maximum Gasteiger partial charge on any atom is 0.314 e. The summed E-state index contributed by atoms with van der Waals surface area (Å²) in [5, 5.41) is 9.78. The van der Waals surface area contributed by atoms with Gasteiger partial charge in [0.05, 0.1) is 11.0 Å². The van der Waals surface area contributed by atoms with Crippen molar-refractivity contribution in [2.45, 2.75) is 56.0 Å². The molecule has 2 fully saturated rings. The normalized spacial score (nSPS) is 23.2. The summed E-state index contributed by atoms with van der Waals surface area (Å²) in [6.45, 7) is 0. The van der Waals surface area contributed by atoms with Crippen molar-refractivity contribution in [1.29, 1.82) is 0 Å². The Kier molecular flexibility index (Phi) is 3.33. The summed E-state index contributed by atoms with van der Waals surface area (Å²) < 4.78 is 5.62. The molecule has 1 N–H and O–H groups in total. The van der Waals surface area contributed by atoms with Gasteiger partial charge < -0.3 is 9.84 Å². The second-order valence-corrected chi connectivity index (χ2v) is 6.23. The van der Waals surface area contributed by atoms with Crippen LogP contribution in [0.25, 0.3) is 0 Å². The third-order valence-corrected chi connectivity index (χ3v) is 5.15. The highest BCUT2D eigenvalue weighted by atomic mass is 16.5. The SMILES string of the molecule is COC1(c2cccc(C3(C(=O)O)CCCCC3)c2)CC1. The van der Waals surface area contributed by atoms with Gasteiger partial charge in [-0.25, -0.2) is 0 Å². The van der Waals surface area contributed by atoms with Crippen LogP contribution in [-0.4, -0.2) is 18.2 Å². The lowest BCUT2D eigenvalue weighted by Gasteiger charge is -2.34. The Morgan fingerprint density at radius 1 is 1.10 bits per heavy atom. The van der Waals surface area contributed by atoms with Crippen LogP contribution in [0.1, 0.15) is 56.1 Å². The van der Waals surface area contributed by atoms with Gasteiger partial charge in [0.1, 0.15) is 0 Å². The lowest BCUT2D eigenvalue weighted by Crippen LogP contribution is -2.38. The van der Waals surface area contributed by atoms with Crippen LogP contribution in [0, 0.1) is 0 Å². The quantitative estimate of drug-likeness (QED) is 0.912. The fourth-order valence-electron chi connectivity index (χ4n) is 3.61. The van der Waals surface area contributed by atoms with Crippen molar-refractivity contribution < 1.29 is 14.6 Å². The molecule has 0 amide bonds. The molecule has 2 aliphatic carbocycles. The van der Waals surface area contributed by atoms with Crippen LogP contribution in [0.4, 0.5) is 0 Å². The molecule has 20 heavy (non-hydrogen) atoms. The zero-order chi connectivity index (χ0) is 14.2. The number of aliphatic carboxylic acids is 1. The van der Waals surface area contributed by atoms with E-state index in [1.807, 2.05) is 12.1 Å². The Morgan fingerprint density at radius 2 is 1.75 bits per heavy atom. The molecule has 0 aliphatic heterocycles. The van der Waals surface area contributed by atoms with Gasteiger partial charge in [-0.3, -0.25) is 4.79 Å². The number of carboxylic acid groups (broad SMARTS) is 1. The van der Waals surface area contributed by atoms with E-state index >= 15 is 0 Å². The number of carbonyl (C=O) groups is 1. The lowest BCUT2D eigenvalue weighted by atomic mass is 9.69. The van der Waals surface area contributed by atoms with Crippen LogP contribution in [0.3, 0.4) is 0 Å². The Balaban J connectivity index is 2.00. The topological polar surface area (TPSA) is 46.5 Å². The average molecular weight is 274 g/mol. The van der Waals surface area contributed by atoms with E-state index in [2.05, 4.69) is 12.1 Å². The molecule has 1 aromatic carbocycles. The van der Waals surface area contributed by atoms with Gasteiger partial charge in [-0.05, 0) is 36.8 Å². The van der Waals surface area contributed by atoms with Crippen LogP contribution < -0.4 is 0 Å².